The summed E-state index contributed by atoms with van der Waals surface area (Å²) in [7, 11) is 0. The summed E-state index contributed by atoms with van der Waals surface area (Å²) < 4.78 is 0. The fourth-order valence-corrected chi connectivity index (χ4v) is 17.7. The van der Waals surface area contributed by atoms with Crippen molar-refractivity contribution in [3.63, 3.8) is 0 Å². The second kappa shape index (κ2) is 41.4. The topological polar surface area (TPSA) is 155 Å². The third-order valence-corrected chi connectivity index (χ3v) is 26.3. The van der Waals surface area contributed by atoms with Gasteiger partial charge in [-0.1, -0.05) is 404 Å². The van der Waals surface area contributed by atoms with Crippen LogP contribution in [-0.2, 0) is 32.5 Å². The Labute approximate surface area is 849 Å². The molecular weight excluding hydrogens is 1750 g/mol. The monoisotopic (exact) mass is 1870 g/mol. The first-order chi connectivity index (χ1) is 69.1. The zero-order valence-corrected chi connectivity index (χ0v) is 85.6. The van der Waals surface area contributed by atoms with E-state index in [-0.39, 0.29) is 32.5 Å². The van der Waals surface area contributed by atoms with Crippen molar-refractivity contribution in [2.45, 2.75) is 157 Å². The van der Waals surface area contributed by atoms with Gasteiger partial charge in [-0.05, 0) is 217 Å². The van der Waals surface area contributed by atoms with Crippen molar-refractivity contribution >= 4 is 0 Å². The molecule has 0 fully saturated rings. The van der Waals surface area contributed by atoms with E-state index in [4.69, 9.17) is 29.9 Å². The van der Waals surface area contributed by atoms with Crippen LogP contribution in [0.5, 0.6) is 0 Å². The molecule has 0 unspecified atom stereocenters. The first kappa shape index (κ1) is 97.8. The van der Waals surface area contributed by atoms with E-state index in [0.717, 1.165) is 157 Å². The van der Waals surface area contributed by atoms with Gasteiger partial charge in [0.05, 0.1) is 34.2 Å². The normalized spacial score (nSPS) is 11.8. The molecule has 710 valence electrons. The van der Waals surface area contributed by atoms with Gasteiger partial charge in [-0.2, -0.15) is 0 Å². The van der Waals surface area contributed by atoms with Crippen LogP contribution in [0.1, 0.15) is 158 Å². The highest BCUT2D eigenvalue weighted by Crippen LogP contribution is 2.45. The molecule has 20 rings (SSSR count). The molecule has 12 heteroatoms. The molecule has 144 heavy (non-hydrogen) atoms. The quantitative estimate of drug-likeness (QED) is 0.0852. The Balaban J connectivity index is 0.000000142. The van der Waals surface area contributed by atoms with Gasteiger partial charge in [-0.15, -0.1) is 0 Å². The van der Waals surface area contributed by atoms with E-state index < -0.39 is 0 Å². The highest BCUT2D eigenvalue weighted by atomic mass is 14.9. The maximum atomic E-state index is 5.33. The molecule has 12 nitrogen and oxygen atoms in total. The predicted molar refractivity (Wildman–Crippen MR) is 597 cm³/mol. The van der Waals surface area contributed by atoms with Crippen LogP contribution in [0.15, 0.2) is 414 Å². The van der Waals surface area contributed by atoms with Crippen LogP contribution in [0.3, 0.4) is 0 Å². The standard InChI is InChI=1S/2C46H42N4.C40H38N4/c1-45(2,3)38-24-35(25-39(26-38)46(4,5)6)33-21-34(37-28-47-30-48-29-37)23-36(22-33)44-49-42(32-17-11-8-12-18-32)27-43(50-44)41-20-14-13-19-40(41)31-15-9-7-10-16-31;1-45(2,3)40-24-37(25-41(26-40)46(4,5)6)34-19-13-18-33(20-34)35-21-36(39-28-47-30-48-29-39)23-38(22-35)44-49-42(31-14-9-7-10-15-31)27-43(50-44)32-16-11-8-12-17-32;1-39(2,3)34-20-31(21-35(22-34)40(4,5)6)29-17-30(33-24-41-26-42-25-33)19-32(18-29)38-43-36(27-13-9-7-10-14-27)23-37(44-38)28-15-11-8-12-16-28/h2*7-30H,1-6H3;7-26H,1-6H3. The zero-order chi connectivity index (χ0) is 101. The second-order valence-electron chi connectivity index (χ2n) is 43.4. The third-order valence-electron chi connectivity index (χ3n) is 26.3. The van der Waals surface area contributed by atoms with Gasteiger partial charge >= 0.3 is 0 Å². The van der Waals surface area contributed by atoms with Gasteiger partial charge in [0.15, 0.2) is 17.5 Å². The lowest BCUT2D eigenvalue weighted by molar-refractivity contribution is 0.568. The Morgan fingerprint density at radius 2 is 0.312 bits per heavy atom. The van der Waals surface area contributed by atoms with E-state index in [2.05, 4.69) is 428 Å². The SMILES string of the molecule is CC(C)(C)c1cc(-c2cc(-c3cncnc3)cc(-c3nc(-c4ccccc4)cc(-c4ccccc4)n3)c2)cc(C(C)(C)C)c1.CC(C)(C)c1cc(-c2cc(-c3cncnc3)cc(-c3nc(-c4ccccc4)cc(-c4ccccc4-c4ccccc4)n3)c2)cc(C(C)(C)C)c1.CC(C)(C)c1cc(-c2cccc(-c3cc(-c4cncnc4)cc(-c4nc(-c5ccccc5)cc(-c5ccccc5)n4)c3)c2)cc(C(C)(C)C)c1. The Hall–Kier alpha value is -16.4. The van der Waals surface area contributed by atoms with Crippen molar-refractivity contribution < 1.29 is 0 Å². The molecule has 20 aromatic rings. The summed E-state index contributed by atoms with van der Waals surface area (Å²) in [4.78, 5) is 57.2. The second-order valence-corrected chi connectivity index (χ2v) is 43.4. The first-order valence-electron chi connectivity index (χ1n) is 49.5. The smallest absolute Gasteiger partial charge is 0.160 e. The molecule has 14 aromatic carbocycles. The number of hydrogen-bond donors (Lipinski definition) is 0. The minimum Gasteiger partial charge on any atom is -0.244 e. The molecule has 0 amide bonds. The Kier molecular flexibility index (Phi) is 28.1. The van der Waals surface area contributed by atoms with Gasteiger partial charge in [-0.3, -0.25) is 0 Å². The van der Waals surface area contributed by atoms with Crippen LogP contribution in [0, 0.1) is 0 Å². The molecule has 0 aliphatic rings. The van der Waals surface area contributed by atoms with Crippen LogP contribution in [0.2, 0.25) is 0 Å². The predicted octanol–water partition coefficient (Wildman–Crippen LogP) is 33.9. The Bertz CT molecular complexity index is 7700. The van der Waals surface area contributed by atoms with Gasteiger partial charge in [0.1, 0.15) is 19.0 Å². The van der Waals surface area contributed by atoms with Crippen LogP contribution < -0.4 is 0 Å². The van der Waals surface area contributed by atoms with E-state index in [1.54, 1.807) is 19.0 Å². The van der Waals surface area contributed by atoms with Crippen LogP contribution >= 0.6 is 0 Å². The molecule has 0 radical (unpaired) electrons. The summed E-state index contributed by atoms with van der Waals surface area (Å²) in [5.74, 6) is 1.99. The molecule has 0 aliphatic heterocycles. The van der Waals surface area contributed by atoms with E-state index in [9.17, 15) is 0 Å². The molecule has 6 heterocycles. The molecule has 0 bridgehead atoms. The van der Waals surface area contributed by atoms with Gasteiger partial charge in [0, 0.05) is 104 Å². The lowest BCUT2D eigenvalue weighted by Gasteiger charge is -2.26. The van der Waals surface area contributed by atoms with Crippen LogP contribution in [0.25, 0.3) is 191 Å². The summed E-state index contributed by atoms with van der Waals surface area (Å²) >= 11 is 0. The molecule has 0 N–H and O–H groups in total. The number of rotatable bonds is 17. The lowest BCUT2D eigenvalue weighted by atomic mass is 9.78. The van der Waals surface area contributed by atoms with Crippen molar-refractivity contribution in [1.82, 2.24) is 59.8 Å². The molecule has 0 spiro atoms. The first-order valence-corrected chi connectivity index (χ1v) is 49.5. The summed E-state index contributed by atoms with van der Waals surface area (Å²) in [6.07, 6.45) is 15.9. The largest absolute Gasteiger partial charge is 0.244 e. The zero-order valence-electron chi connectivity index (χ0n) is 85.6. The Morgan fingerprint density at radius 1 is 0.132 bits per heavy atom. The number of benzene rings is 14. The lowest BCUT2D eigenvalue weighted by Crippen LogP contribution is -2.16. The number of nitrogens with zero attached hydrogens (tertiary/aromatic N) is 12. The maximum Gasteiger partial charge on any atom is 0.160 e. The summed E-state index contributed by atoms with van der Waals surface area (Å²) in [6, 6.07) is 127. The van der Waals surface area contributed by atoms with Crippen molar-refractivity contribution in [2.24, 2.45) is 0 Å². The van der Waals surface area contributed by atoms with Crippen LogP contribution in [-0.4, -0.2) is 59.8 Å². The Morgan fingerprint density at radius 3 is 0.569 bits per heavy atom. The fourth-order valence-electron chi connectivity index (χ4n) is 17.7. The maximum absolute atomic E-state index is 5.33. The molecular formula is C132H122N12. The van der Waals surface area contributed by atoms with Gasteiger partial charge in [-0.25, -0.2) is 59.8 Å². The third kappa shape index (κ3) is 23.4. The van der Waals surface area contributed by atoms with Gasteiger partial charge < -0.3 is 0 Å². The minimum absolute atomic E-state index is 0.00142. The molecule has 0 saturated heterocycles. The van der Waals surface area contributed by atoms with Crippen molar-refractivity contribution in [1.29, 1.82) is 0 Å². The van der Waals surface area contributed by atoms with E-state index in [1.165, 1.54) is 50.1 Å². The van der Waals surface area contributed by atoms with Crippen molar-refractivity contribution in [3.8, 4) is 191 Å². The van der Waals surface area contributed by atoms with E-state index in [1.807, 2.05) is 122 Å². The molecule has 6 aromatic heterocycles. The highest BCUT2D eigenvalue weighted by Gasteiger charge is 2.28. The summed E-state index contributed by atoms with van der Waals surface area (Å²) in [5, 5.41) is 0. The molecule has 0 saturated carbocycles. The van der Waals surface area contributed by atoms with Crippen molar-refractivity contribution in [2.75, 3.05) is 0 Å². The van der Waals surface area contributed by atoms with E-state index in [0.29, 0.717) is 17.5 Å². The van der Waals surface area contributed by atoms with E-state index >= 15 is 0 Å². The number of aromatic nitrogens is 12. The number of hydrogen-bond acceptors (Lipinski definition) is 12. The van der Waals surface area contributed by atoms with Gasteiger partial charge in [0.25, 0.3) is 0 Å². The molecule has 0 atom stereocenters. The average Bonchev–Trinajstić information content (AvgIpc) is 0.772. The van der Waals surface area contributed by atoms with Crippen LogP contribution in [0.4, 0.5) is 0 Å². The minimum atomic E-state index is -0.0160. The molecule has 0 aliphatic carbocycles. The van der Waals surface area contributed by atoms with Crippen molar-refractivity contribution in [3.05, 3.63) is 447 Å². The summed E-state index contributed by atoms with van der Waals surface area (Å²) in [5.41, 5.74) is 39.5. The average molecular weight is 1880 g/mol. The summed E-state index contributed by atoms with van der Waals surface area (Å²) in [6.45, 7) is 41.0. The highest BCUT2D eigenvalue weighted by molar-refractivity contribution is 5.89. The fraction of sp³-hybridized carbons (Fsp3) is 0.182. The van der Waals surface area contributed by atoms with Gasteiger partial charge in [0.2, 0.25) is 0 Å².